The molecule has 0 aliphatic carbocycles. The molecule has 1 aliphatic heterocycles. The van der Waals surface area contributed by atoms with Gasteiger partial charge in [0.25, 0.3) is 5.91 Å². The Hall–Kier alpha value is -3.03. The van der Waals surface area contributed by atoms with E-state index in [-0.39, 0.29) is 11.9 Å². The third-order valence-electron chi connectivity index (χ3n) is 5.96. The molecule has 7 heteroatoms. The molecule has 31 heavy (non-hydrogen) atoms. The summed E-state index contributed by atoms with van der Waals surface area (Å²) in [4.78, 5) is 15.2. The van der Waals surface area contributed by atoms with E-state index < -0.39 is 17.5 Å². The van der Waals surface area contributed by atoms with E-state index in [2.05, 4.69) is 15.3 Å². The summed E-state index contributed by atoms with van der Waals surface area (Å²) in [6, 6.07) is 14.5. The maximum Gasteiger partial charge on any atom is 0.251 e. The lowest BCUT2D eigenvalue weighted by Crippen LogP contribution is -2.62. The first-order valence-corrected chi connectivity index (χ1v) is 10.4. The highest BCUT2D eigenvalue weighted by molar-refractivity contribution is 5.94. The quantitative estimate of drug-likeness (QED) is 0.663. The molecule has 2 heterocycles. The van der Waals surface area contributed by atoms with E-state index in [1.165, 1.54) is 24.3 Å². The summed E-state index contributed by atoms with van der Waals surface area (Å²) < 4.78 is 15.1. The molecular weight excluding hydrogens is 395 g/mol. The second kappa shape index (κ2) is 8.61. The maximum absolute atomic E-state index is 13.3. The molecular formula is C24H27FN4O2. The Morgan fingerprint density at radius 1 is 1.23 bits per heavy atom. The number of aliphatic hydroxyl groups is 1. The summed E-state index contributed by atoms with van der Waals surface area (Å²) >= 11 is 0. The number of benzene rings is 2. The highest BCUT2D eigenvalue weighted by Gasteiger charge is 2.46. The van der Waals surface area contributed by atoms with E-state index in [0.717, 1.165) is 11.1 Å². The van der Waals surface area contributed by atoms with Gasteiger partial charge >= 0.3 is 0 Å². The number of aromatic nitrogens is 2. The number of carbonyl (C=O) groups excluding carboxylic acids is 1. The number of halogens is 1. The van der Waals surface area contributed by atoms with E-state index >= 15 is 0 Å². The molecule has 1 aliphatic rings. The number of carbonyl (C=O) groups is 1. The van der Waals surface area contributed by atoms with E-state index in [4.69, 9.17) is 0 Å². The first kappa shape index (κ1) is 21.2. The van der Waals surface area contributed by atoms with Gasteiger partial charge in [0.1, 0.15) is 5.82 Å². The van der Waals surface area contributed by atoms with Crippen LogP contribution >= 0.6 is 0 Å². The van der Waals surface area contributed by atoms with Gasteiger partial charge in [0.2, 0.25) is 0 Å². The highest BCUT2D eigenvalue weighted by atomic mass is 19.1. The third-order valence-corrected chi connectivity index (χ3v) is 5.96. The fourth-order valence-corrected chi connectivity index (χ4v) is 4.29. The third kappa shape index (κ3) is 4.68. The van der Waals surface area contributed by atoms with Gasteiger partial charge in [-0.05, 0) is 43.2 Å². The minimum Gasteiger partial charge on any atom is -0.388 e. The normalized spacial score (nSPS) is 24.1. The SMILES string of the molecule is Cn1cc(CN2CCC(C)(O)C(NC(=O)c3ccc(F)cc3)C2c2ccccc2)cn1. The second-order valence-electron chi connectivity index (χ2n) is 8.41. The van der Waals surface area contributed by atoms with Crippen LogP contribution in [0.15, 0.2) is 67.0 Å². The summed E-state index contributed by atoms with van der Waals surface area (Å²) in [6.45, 7) is 3.08. The average Bonchev–Trinajstić information content (AvgIpc) is 3.16. The van der Waals surface area contributed by atoms with Crippen LogP contribution in [0.3, 0.4) is 0 Å². The minimum atomic E-state index is -1.11. The molecule has 0 spiro atoms. The van der Waals surface area contributed by atoms with Gasteiger partial charge in [-0.2, -0.15) is 5.10 Å². The van der Waals surface area contributed by atoms with Gasteiger partial charge in [-0.25, -0.2) is 4.39 Å². The van der Waals surface area contributed by atoms with E-state index in [1.807, 2.05) is 49.8 Å². The van der Waals surface area contributed by atoms with Crippen LogP contribution in [-0.2, 0) is 13.6 Å². The molecule has 0 bridgehead atoms. The van der Waals surface area contributed by atoms with Crippen LogP contribution in [0.5, 0.6) is 0 Å². The maximum atomic E-state index is 13.3. The van der Waals surface area contributed by atoms with Gasteiger partial charge in [-0.15, -0.1) is 0 Å². The zero-order valence-corrected chi connectivity index (χ0v) is 17.7. The van der Waals surface area contributed by atoms with Crippen LogP contribution in [0.1, 0.15) is 40.9 Å². The van der Waals surface area contributed by atoms with Gasteiger partial charge in [-0.1, -0.05) is 30.3 Å². The first-order chi connectivity index (χ1) is 14.8. The van der Waals surface area contributed by atoms with Crippen molar-refractivity contribution in [1.82, 2.24) is 20.0 Å². The molecule has 162 valence electrons. The number of nitrogens with zero attached hydrogens (tertiary/aromatic N) is 3. The molecule has 3 atom stereocenters. The molecule has 2 N–H and O–H groups in total. The van der Waals surface area contributed by atoms with Crippen molar-refractivity contribution >= 4 is 5.91 Å². The van der Waals surface area contributed by atoms with Crippen molar-refractivity contribution in [3.8, 4) is 0 Å². The number of piperidine rings is 1. The Balaban J connectivity index is 1.67. The number of rotatable bonds is 5. The van der Waals surface area contributed by atoms with E-state index in [1.54, 1.807) is 11.6 Å². The fourth-order valence-electron chi connectivity index (χ4n) is 4.29. The largest absolute Gasteiger partial charge is 0.388 e. The Kier molecular flexibility index (Phi) is 5.89. The predicted molar refractivity (Wildman–Crippen MR) is 116 cm³/mol. The number of hydrogen-bond donors (Lipinski definition) is 2. The van der Waals surface area contributed by atoms with Crippen molar-refractivity contribution in [3.63, 3.8) is 0 Å². The summed E-state index contributed by atoms with van der Waals surface area (Å²) in [5.41, 5.74) is 1.32. The molecule has 1 aromatic heterocycles. The van der Waals surface area contributed by atoms with Crippen LogP contribution in [-0.4, -0.2) is 43.9 Å². The monoisotopic (exact) mass is 422 g/mol. The van der Waals surface area contributed by atoms with Crippen LogP contribution in [0.4, 0.5) is 4.39 Å². The molecule has 1 saturated heterocycles. The Bertz CT molecular complexity index is 1030. The Morgan fingerprint density at radius 3 is 2.58 bits per heavy atom. The van der Waals surface area contributed by atoms with Crippen LogP contribution in [0.25, 0.3) is 0 Å². The number of nitrogens with one attached hydrogen (secondary N) is 1. The van der Waals surface area contributed by atoms with Gasteiger partial charge in [0, 0.05) is 37.5 Å². The number of amides is 1. The molecule has 1 fully saturated rings. The molecule has 6 nitrogen and oxygen atoms in total. The average molecular weight is 423 g/mol. The second-order valence-corrected chi connectivity index (χ2v) is 8.41. The van der Waals surface area contributed by atoms with Crippen LogP contribution in [0.2, 0.25) is 0 Å². The van der Waals surface area contributed by atoms with Gasteiger partial charge in [-0.3, -0.25) is 14.4 Å². The fraction of sp³-hybridized carbons (Fsp3) is 0.333. The lowest BCUT2D eigenvalue weighted by atomic mass is 9.79. The van der Waals surface area contributed by atoms with Crippen LogP contribution in [0, 0.1) is 5.82 Å². The number of aryl methyl sites for hydroxylation is 1. The van der Waals surface area contributed by atoms with Crippen molar-refractivity contribution in [2.45, 2.75) is 37.6 Å². The van der Waals surface area contributed by atoms with E-state index in [9.17, 15) is 14.3 Å². The van der Waals surface area contributed by atoms with Crippen molar-refractivity contribution in [1.29, 1.82) is 0 Å². The summed E-state index contributed by atoms with van der Waals surface area (Å²) in [5.74, 6) is -0.736. The standard InChI is InChI=1S/C24H27FN4O2/c1-24(31)12-13-29(16-17-14-26-28(2)15-17)21(18-6-4-3-5-7-18)22(24)27-23(30)19-8-10-20(25)11-9-19/h3-11,14-15,21-22,31H,12-13,16H2,1-2H3,(H,27,30). The number of likely N-dealkylation sites (tertiary alicyclic amines) is 1. The van der Waals surface area contributed by atoms with Gasteiger partial charge < -0.3 is 10.4 Å². The molecule has 0 radical (unpaired) electrons. The topological polar surface area (TPSA) is 70.4 Å². The summed E-state index contributed by atoms with van der Waals surface area (Å²) in [7, 11) is 1.88. The Labute approximate surface area is 181 Å². The van der Waals surface area contributed by atoms with Crippen LogP contribution < -0.4 is 5.32 Å². The molecule has 4 rings (SSSR count). The molecule has 1 amide bonds. The Morgan fingerprint density at radius 2 is 1.94 bits per heavy atom. The highest BCUT2D eigenvalue weighted by Crippen LogP contribution is 2.38. The predicted octanol–water partition coefficient (Wildman–Crippen LogP) is 3.06. The van der Waals surface area contributed by atoms with Gasteiger partial charge in [0.15, 0.2) is 0 Å². The van der Waals surface area contributed by atoms with Crippen molar-refractivity contribution in [3.05, 3.63) is 89.5 Å². The van der Waals surface area contributed by atoms with E-state index in [0.29, 0.717) is 25.1 Å². The minimum absolute atomic E-state index is 0.241. The van der Waals surface area contributed by atoms with Gasteiger partial charge in [0.05, 0.1) is 23.9 Å². The van der Waals surface area contributed by atoms with Crippen molar-refractivity contribution < 1.29 is 14.3 Å². The summed E-state index contributed by atoms with van der Waals surface area (Å²) in [5, 5.41) is 18.6. The zero-order chi connectivity index (χ0) is 22.0. The first-order valence-electron chi connectivity index (χ1n) is 10.4. The lowest BCUT2D eigenvalue weighted by Gasteiger charge is -2.49. The number of hydrogen-bond acceptors (Lipinski definition) is 4. The zero-order valence-electron chi connectivity index (χ0n) is 17.7. The molecule has 0 saturated carbocycles. The van der Waals surface area contributed by atoms with Crippen molar-refractivity contribution in [2.24, 2.45) is 7.05 Å². The smallest absolute Gasteiger partial charge is 0.251 e. The lowest BCUT2D eigenvalue weighted by molar-refractivity contribution is -0.0665. The summed E-state index contributed by atoms with van der Waals surface area (Å²) in [6.07, 6.45) is 4.31. The van der Waals surface area contributed by atoms with Crippen molar-refractivity contribution in [2.75, 3.05) is 6.54 Å². The molecule has 3 unspecified atom stereocenters. The molecule has 2 aromatic carbocycles. The molecule has 3 aromatic rings.